The zero-order valence-corrected chi connectivity index (χ0v) is 10.4. The first-order valence-electron chi connectivity index (χ1n) is 5.49. The van der Waals surface area contributed by atoms with Crippen LogP contribution < -0.4 is 4.90 Å². The molecule has 1 heterocycles. The van der Waals surface area contributed by atoms with Gasteiger partial charge in [-0.1, -0.05) is 0 Å². The molecule has 0 unspecified atom stereocenters. The largest absolute Gasteiger partial charge is 0.384 e. The molecular formula is C9H21NO4P+. The third kappa shape index (κ3) is 4.62. The second-order valence-corrected chi connectivity index (χ2v) is 5.52. The minimum absolute atomic E-state index is 0.432. The van der Waals surface area contributed by atoms with Gasteiger partial charge in [0.1, 0.15) is 13.1 Å². The van der Waals surface area contributed by atoms with Crippen LogP contribution in [0.25, 0.3) is 0 Å². The summed E-state index contributed by atoms with van der Waals surface area (Å²) in [4.78, 5) is 1.24. The predicted octanol–water partition coefficient (Wildman–Crippen LogP) is 0.125. The van der Waals surface area contributed by atoms with Crippen LogP contribution in [-0.2, 0) is 18.3 Å². The van der Waals surface area contributed by atoms with Gasteiger partial charge < -0.3 is 18.7 Å². The van der Waals surface area contributed by atoms with E-state index in [4.69, 9.17) is 13.8 Å². The number of hydrogen-bond acceptors (Lipinski definition) is 4. The average molecular weight is 238 g/mol. The van der Waals surface area contributed by atoms with Crippen molar-refractivity contribution in [3.63, 3.8) is 0 Å². The van der Waals surface area contributed by atoms with E-state index in [0.717, 1.165) is 26.3 Å². The fraction of sp³-hybridized carbons (Fsp3) is 1.00. The van der Waals surface area contributed by atoms with Gasteiger partial charge in [0.15, 0.2) is 6.29 Å². The Morgan fingerprint density at radius 2 is 1.73 bits per heavy atom. The number of rotatable bonds is 6. The van der Waals surface area contributed by atoms with Crippen LogP contribution in [-0.4, -0.2) is 45.8 Å². The van der Waals surface area contributed by atoms with E-state index in [2.05, 4.69) is 0 Å². The molecule has 0 amide bonds. The molecule has 1 N–H and O–H groups in total. The maximum atomic E-state index is 12.2. The molecule has 90 valence electrons. The van der Waals surface area contributed by atoms with Gasteiger partial charge in [-0.3, -0.25) is 4.57 Å². The van der Waals surface area contributed by atoms with Gasteiger partial charge >= 0.3 is 7.60 Å². The van der Waals surface area contributed by atoms with Gasteiger partial charge in [0.25, 0.3) is 0 Å². The summed E-state index contributed by atoms with van der Waals surface area (Å²) in [5.74, 6) is 0. The number of morpholine rings is 1. The lowest BCUT2D eigenvalue weighted by Gasteiger charge is -2.26. The van der Waals surface area contributed by atoms with Crippen LogP contribution in [0.4, 0.5) is 0 Å². The minimum Gasteiger partial charge on any atom is -0.370 e. The topological polar surface area (TPSA) is 49.2 Å². The SMILES string of the molecule is CCOP(=O)(C[NH+]1CCOCC1)OCC. The highest BCUT2D eigenvalue weighted by Gasteiger charge is 2.31. The van der Waals surface area contributed by atoms with Crippen molar-refractivity contribution in [1.82, 2.24) is 0 Å². The van der Waals surface area contributed by atoms with Crippen molar-refractivity contribution in [3.05, 3.63) is 0 Å². The highest BCUT2D eigenvalue weighted by molar-refractivity contribution is 7.53. The van der Waals surface area contributed by atoms with E-state index in [1.165, 1.54) is 4.90 Å². The van der Waals surface area contributed by atoms with Crippen molar-refractivity contribution in [2.75, 3.05) is 45.8 Å². The second kappa shape index (κ2) is 6.61. The Hall–Kier alpha value is 0.0700. The second-order valence-electron chi connectivity index (χ2n) is 3.47. The average Bonchev–Trinajstić information content (AvgIpc) is 2.19. The molecule has 1 rings (SSSR count). The van der Waals surface area contributed by atoms with Crippen molar-refractivity contribution in [1.29, 1.82) is 0 Å². The van der Waals surface area contributed by atoms with Crippen molar-refractivity contribution in [2.24, 2.45) is 0 Å². The van der Waals surface area contributed by atoms with Crippen molar-refractivity contribution in [2.45, 2.75) is 13.8 Å². The fourth-order valence-corrected chi connectivity index (χ4v) is 3.52. The van der Waals surface area contributed by atoms with Crippen LogP contribution in [0, 0.1) is 0 Å². The lowest BCUT2D eigenvalue weighted by molar-refractivity contribution is -0.897. The predicted molar refractivity (Wildman–Crippen MR) is 57.2 cm³/mol. The van der Waals surface area contributed by atoms with E-state index in [1.54, 1.807) is 0 Å². The Bertz CT molecular complexity index is 208. The summed E-state index contributed by atoms with van der Waals surface area (Å²) in [6, 6.07) is 0. The van der Waals surface area contributed by atoms with E-state index < -0.39 is 7.60 Å². The molecule has 0 saturated carbocycles. The van der Waals surface area contributed by atoms with Gasteiger partial charge in [-0.25, -0.2) is 0 Å². The van der Waals surface area contributed by atoms with E-state index >= 15 is 0 Å². The fourth-order valence-electron chi connectivity index (χ4n) is 1.61. The smallest absolute Gasteiger partial charge is 0.370 e. The lowest BCUT2D eigenvalue weighted by Crippen LogP contribution is -3.13. The Balaban J connectivity index is 2.45. The molecule has 0 aliphatic carbocycles. The van der Waals surface area contributed by atoms with Crippen LogP contribution in [0.2, 0.25) is 0 Å². The van der Waals surface area contributed by atoms with E-state index in [-0.39, 0.29) is 0 Å². The van der Waals surface area contributed by atoms with E-state index in [0.29, 0.717) is 19.5 Å². The van der Waals surface area contributed by atoms with Crippen LogP contribution in [0.1, 0.15) is 13.8 Å². The van der Waals surface area contributed by atoms with Crippen LogP contribution in [0.15, 0.2) is 0 Å². The molecule has 0 radical (unpaired) electrons. The molecule has 1 aliphatic heterocycles. The summed E-state index contributed by atoms with van der Waals surface area (Å²) in [5, 5.41) is 0. The molecule has 0 aromatic heterocycles. The number of quaternary nitrogens is 1. The number of nitrogens with one attached hydrogen (secondary N) is 1. The zero-order valence-electron chi connectivity index (χ0n) is 9.53. The highest BCUT2D eigenvalue weighted by Crippen LogP contribution is 2.45. The van der Waals surface area contributed by atoms with Crippen molar-refractivity contribution < 1.29 is 23.2 Å². The van der Waals surface area contributed by atoms with Crippen LogP contribution in [0.5, 0.6) is 0 Å². The van der Waals surface area contributed by atoms with Gasteiger partial charge in [-0.15, -0.1) is 0 Å². The monoisotopic (exact) mass is 238 g/mol. The summed E-state index contributed by atoms with van der Waals surface area (Å²) in [5.41, 5.74) is 0. The Morgan fingerprint density at radius 3 is 2.20 bits per heavy atom. The van der Waals surface area contributed by atoms with Gasteiger partial charge in [0.05, 0.1) is 26.4 Å². The summed E-state index contributed by atoms with van der Waals surface area (Å²) in [6.07, 6.45) is 0.456. The molecule has 1 aliphatic rings. The third-order valence-electron chi connectivity index (χ3n) is 2.27. The van der Waals surface area contributed by atoms with Crippen molar-refractivity contribution in [3.8, 4) is 0 Å². The molecule has 1 fully saturated rings. The number of ether oxygens (including phenoxy) is 1. The van der Waals surface area contributed by atoms with Gasteiger partial charge in [0, 0.05) is 0 Å². The molecule has 0 aromatic carbocycles. The first-order valence-corrected chi connectivity index (χ1v) is 7.22. The first kappa shape index (κ1) is 13.1. The summed E-state index contributed by atoms with van der Waals surface area (Å²) >= 11 is 0. The standard InChI is InChI=1S/C9H20NO4P/c1-3-13-15(11,14-4-2)9-10-5-7-12-8-6-10/h3-9H2,1-2H3/p+1. The highest BCUT2D eigenvalue weighted by atomic mass is 31.2. The van der Waals surface area contributed by atoms with Crippen molar-refractivity contribution >= 4 is 7.60 Å². The summed E-state index contributed by atoms with van der Waals surface area (Å²) in [7, 11) is -2.88. The Morgan fingerprint density at radius 1 is 1.20 bits per heavy atom. The molecule has 0 bridgehead atoms. The molecule has 6 heteroatoms. The maximum Gasteiger partial charge on any atom is 0.384 e. The molecule has 15 heavy (non-hydrogen) atoms. The van der Waals surface area contributed by atoms with Gasteiger partial charge in [-0.05, 0) is 13.8 Å². The zero-order chi connectivity index (χ0) is 11.1. The molecule has 1 saturated heterocycles. The maximum absolute atomic E-state index is 12.2. The van der Waals surface area contributed by atoms with Crippen LogP contribution in [0.3, 0.4) is 0 Å². The molecule has 0 spiro atoms. The lowest BCUT2D eigenvalue weighted by atomic mass is 10.5. The first-order chi connectivity index (χ1) is 7.20. The quantitative estimate of drug-likeness (QED) is 0.668. The Kier molecular flexibility index (Phi) is 5.79. The van der Waals surface area contributed by atoms with E-state index in [1.807, 2.05) is 13.8 Å². The molecule has 0 atom stereocenters. The minimum atomic E-state index is -2.88. The Labute approximate surface area is 91.2 Å². The van der Waals surface area contributed by atoms with Gasteiger partial charge in [0.2, 0.25) is 0 Å². The normalized spacial score (nSPS) is 19.3. The van der Waals surface area contributed by atoms with Crippen LogP contribution >= 0.6 is 7.60 Å². The van der Waals surface area contributed by atoms with E-state index in [9.17, 15) is 4.57 Å². The molecular weight excluding hydrogens is 217 g/mol. The van der Waals surface area contributed by atoms with Gasteiger partial charge in [-0.2, -0.15) is 0 Å². The molecule has 5 nitrogen and oxygen atoms in total. The third-order valence-corrected chi connectivity index (χ3v) is 4.41. The number of hydrogen-bond donors (Lipinski definition) is 1. The molecule has 0 aromatic rings. The summed E-state index contributed by atoms with van der Waals surface area (Å²) < 4.78 is 27.9. The summed E-state index contributed by atoms with van der Waals surface area (Å²) in [6.45, 7) is 7.75.